The summed E-state index contributed by atoms with van der Waals surface area (Å²) in [6.45, 7) is 2.07. The van der Waals surface area contributed by atoms with Gasteiger partial charge in [0.25, 0.3) is 0 Å². The molecule has 2 rings (SSSR count). The number of amides is 1. The zero-order valence-corrected chi connectivity index (χ0v) is 15.6. The van der Waals surface area contributed by atoms with Gasteiger partial charge in [-0.05, 0) is 48.4 Å². The van der Waals surface area contributed by atoms with Gasteiger partial charge in [-0.2, -0.15) is 5.26 Å². The number of anilines is 2. The van der Waals surface area contributed by atoms with E-state index < -0.39 is 10.0 Å². The van der Waals surface area contributed by atoms with Gasteiger partial charge >= 0.3 is 0 Å². The smallest absolute Gasteiger partial charge is 0.232 e. The SMILES string of the molecule is CCc1ccc(N(CCC(=O)Nc2ccc(C#N)cc2)S(C)(=O)=O)cc1. The van der Waals surface area contributed by atoms with Crippen LogP contribution in [0.3, 0.4) is 0 Å². The number of nitrogens with one attached hydrogen (secondary N) is 1. The molecule has 0 aliphatic heterocycles. The molecule has 0 aliphatic rings. The van der Waals surface area contributed by atoms with E-state index in [2.05, 4.69) is 5.32 Å². The van der Waals surface area contributed by atoms with Crippen molar-refractivity contribution in [3.8, 4) is 6.07 Å². The second-order valence-corrected chi connectivity index (χ2v) is 7.75. The molecule has 0 saturated carbocycles. The third-order valence-electron chi connectivity index (χ3n) is 3.87. The van der Waals surface area contributed by atoms with Gasteiger partial charge < -0.3 is 5.32 Å². The van der Waals surface area contributed by atoms with Crippen molar-refractivity contribution >= 4 is 27.3 Å². The minimum Gasteiger partial charge on any atom is -0.326 e. The average Bonchev–Trinajstić information content (AvgIpc) is 2.62. The fourth-order valence-electron chi connectivity index (χ4n) is 2.44. The first-order chi connectivity index (χ1) is 12.3. The number of rotatable bonds is 7. The highest BCUT2D eigenvalue weighted by Gasteiger charge is 2.18. The van der Waals surface area contributed by atoms with Crippen molar-refractivity contribution in [1.29, 1.82) is 5.26 Å². The summed E-state index contributed by atoms with van der Waals surface area (Å²) in [5, 5.41) is 11.5. The Balaban J connectivity index is 2.04. The van der Waals surface area contributed by atoms with Crippen LogP contribution in [-0.4, -0.2) is 27.1 Å². The van der Waals surface area contributed by atoms with Crippen LogP contribution < -0.4 is 9.62 Å². The largest absolute Gasteiger partial charge is 0.326 e. The first kappa shape index (κ1) is 19.5. The number of aryl methyl sites for hydroxylation is 1. The van der Waals surface area contributed by atoms with Crippen molar-refractivity contribution in [3.05, 3.63) is 59.7 Å². The minimum atomic E-state index is -3.50. The van der Waals surface area contributed by atoms with E-state index in [1.165, 1.54) is 4.31 Å². The lowest BCUT2D eigenvalue weighted by Gasteiger charge is -2.22. The summed E-state index contributed by atoms with van der Waals surface area (Å²) in [5.74, 6) is -0.298. The molecule has 2 aromatic rings. The topological polar surface area (TPSA) is 90.3 Å². The van der Waals surface area contributed by atoms with Gasteiger partial charge in [0.05, 0.1) is 23.6 Å². The summed E-state index contributed by atoms with van der Waals surface area (Å²) in [6.07, 6.45) is 2.01. The molecule has 7 heteroatoms. The Bertz CT molecular complexity index is 899. The maximum Gasteiger partial charge on any atom is 0.232 e. The van der Waals surface area contributed by atoms with Gasteiger partial charge in [-0.3, -0.25) is 9.10 Å². The highest BCUT2D eigenvalue weighted by Crippen LogP contribution is 2.19. The molecule has 1 amide bonds. The van der Waals surface area contributed by atoms with E-state index in [9.17, 15) is 13.2 Å². The predicted molar refractivity (Wildman–Crippen MR) is 102 cm³/mol. The molecule has 0 bridgehead atoms. The third-order valence-corrected chi connectivity index (χ3v) is 5.07. The fourth-order valence-corrected chi connectivity index (χ4v) is 3.37. The van der Waals surface area contributed by atoms with Gasteiger partial charge in [-0.15, -0.1) is 0 Å². The lowest BCUT2D eigenvalue weighted by molar-refractivity contribution is -0.116. The fraction of sp³-hybridized carbons (Fsp3) is 0.263. The van der Waals surface area contributed by atoms with Crippen LogP contribution in [0.1, 0.15) is 24.5 Å². The molecule has 0 unspecified atom stereocenters. The van der Waals surface area contributed by atoms with Gasteiger partial charge in [-0.25, -0.2) is 8.42 Å². The number of sulfonamides is 1. The number of carbonyl (C=O) groups excluding carboxylic acids is 1. The van der Waals surface area contributed by atoms with E-state index in [0.717, 1.165) is 18.2 Å². The Hall–Kier alpha value is -2.85. The molecule has 0 radical (unpaired) electrons. The molecule has 0 atom stereocenters. The van der Waals surface area contributed by atoms with Crippen molar-refractivity contribution in [1.82, 2.24) is 0 Å². The molecule has 136 valence electrons. The number of hydrogen-bond donors (Lipinski definition) is 1. The van der Waals surface area contributed by atoms with E-state index in [0.29, 0.717) is 16.9 Å². The van der Waals surface area contributed by atoms with Crippen molar-refractivity contribution in [2.75, 3.05) is 22.4 Å². The second kappa shape index (κ2) is 8.50. The van der Waals surface area contributed by atoms with Crippen molar-refractivity contribution in [3.63, 3.8) is 0 Å². The van der Waals surface area contributed by atoms with Gasteiger partial charge in [0, 0.05) is 18.7 Å². The van der Waals surface area contributed by atoms with Crippen LogP contribution in [0.25, 0.3) is 0 Å². The summed E-state index contributed by atoms with van der Waals surface area (Å²) < 4.78 is 25.4. The van der Waals surface area contributed by atoms with Crippen LogP contribution in [0, 0.1) is 11.3 Å². The van der Waals surface area contributed by atoms with Gasteiger partial charge in [0.2, 0.25) is 15.9 Å². The summed E-state index contributed by atoms with van der Waals surface area (Å²) in [4.78, 5) is 12.1. The van der Waals surface area contributed by atoms with Crippen LogP contribution in [0.2, 0.25) is 0 Å². The summed E-state index contributed by atoms with van der Waals surface area (Å²) in [5.41, 5.74) is 2.71. The molecule has 0 fully saturated rings. The van der Waals surface area contributed by atoms with E-state index in [1.807, 2.05) is 25.1 Å². The van der Waals surface area contributed by atoms with Crippen LogP contribution >= 0.6 is 0 Å². The van der Waals surface area contributed by atoms with Crippen LogP contribution in [0.4, 0.5) is 11.4 Å². The normalized spacial score (nSPS) is 10.8. The molecule has 0 aliphatic carbocycles. The van der Waals surface area contributed by atoms with E-state index in [4.69, 9.17) is 5.26 Å². The van der Waals surface area contributed by atoms with Crippen molar-refractivity contribution < 1.29 is 13.2 Å². The van der Waals surface area contributed by atoms with Crippen LogP contribution in [-0.2, 0) is 21.2 Å². The Labute approximate surface area is 154 Å². The molecule has 26 heavy (non-hydrogen) atoms. The lowest BCUT2D eigenvalue weighted by Crippen LogP contribution is -2.33. The summed E-state index contributed by atoms with van der Waals surface area (Å²) in [6, 6.07) is 15.7. The number of nitrogens with zero attached hydrogens (tertiary/aromatic N) is 2. The Morgan fingerprint density at radius 3 is 2.23 bits per heavy atom. The van der Waals surface area contributed by atoms with Gasteiger partial charge in [-0.1, -0.05) is 19.1 Å². The number of hydrogen-bond acceptors (Lipinski definition) is 4. The van der Waals surface area contributed by atoms with Crippen molar-refractivity contribution in [2.45, 2.75) is 19.8 Å². The van der Waals surface area contributed by atoms with Crippen molar-refractivity contribution in [2.24, 2.45) is 0 Å². The number of benzene rings is 2. The van der Waals surface area contributed by atoms with Gasteiger partial charge in [0.15, 0.2) is 0 Å². The van der Waals surface area contributed by atoms with E-state index in [1.54, 1.807) is 36.4 Å². The quantitative estimate of drug-likeness (QED) is 0.810. The molecule has 0 saturated heterocycles. The zero-order chi connectivity index (χ0) is 19.2. The highest BCUT2D eigenvalue weighted by molar-refractivity contribution is 7.92. The lowest BCUT2D eigenvalue weighted by atomic mass is 10.1. The van der Waals surface area contributed by atoms with Gasteiger partial charge in [0.1, 0.15) is 0 Å². The summed E-state index contributed by atoms with van der Waals surface area (Å²) >= 11 is 0. The maximum absolute atomic E-state index is 12.1. The highest BCUT2D eigenvalue weighted by atomic mass is 32.2. The summed E-state index contributed by atoms with van der Waals surface area (Å²) in [7, 11) is -3.50. The molecule has 6 nitrogen and oxygen atoms in total. The standard InChI is InChI=1S/C19H21N3O3S/c1-3-15-6-10-18(11-7-15)22(26(2,24)25)13-12-19(23)21-17-8-4-16(14-20)5-9-17/h4-11H,3,12-13H2,1-2H3,(H,21,23). The molecule has 2 aromatic carbocycles. The average molecular weight is 371 g/mol. The Morgan fingerprint density at radius 2 is 1.73 bits per heavy atom. The van der Waals surface area contributed by atoms with Crippen LogP contribution in [0.15, 0.2) is 48.5 Å². The number of nitriles is 1. The molecule has 1 N–H and O–H groups in total. The molecular weight excluding hydrogens is 350 g/mol. The number of carbonyl (C=O) groups is 1. The predicted octanol–water partition coefficient (Wildman–Crippen LogP) is 2.92. The second-order valence-electron chi connectivity index (χ2n) is 5.84. The molecule has 0 heterocycles. The van der Waals surface area contributed by atoms with Crippen LogP contribution in [0.5, 0.6) is 0 Å². The third kappa shape index (κ3) is 5.33. The monoisotopic (exact) mass is 371 g/mol. The van der Waals surface area contributed by atoms with E-state index >= 15 is 0 Å². The maximum atomic E-state index is 12.1. The molecular formula is C19H21N3O3S. The first-order valence-corrected chi connectivity index (χ1v) is 10.0. The molecule has 0 aromatic heterocycles. The zero-order valence-electron chi connectivity index (χ0n) is 14.8. The Kier molecular flexibility index (Phi) is 6.36. The minimum absolute atomic E-state index is 0.0165. The first-order valence-electron chi connectivity index (χ1n) is 8.20. The van der Waals surface area contributed by atoms with E-state index in [-0.39, 0.29) is 18.9 Å². The molecule has 0 spiro atoms. The Morgan fingerprint density at radius 1 is 1.12 bits per heavy atom.